The number of fused-ring (bicyclic) bond motifs is 1. The number of benzene rings is 1. The average Bonchev–Trinajstić information content (AvgIpc) is 3.23. The van der Waals surface area contributed by atoms with Crippen molar-refractivity contribution in [3.05, 3.63) is 35.2 Å². The molecule has 0 spiro atoms. The fourth-order valence-corrected chi connectivity index (χ4v) is 3.79. The summed E-state index contributed by atoms with van der Waals surface area (Å²) >= 11 is 5.88. The predicted molar refractivity (Wildman–Crippen MR) is 101 cm³/mol. The summed E-state index contributed by atoms with van der Waals surface area (Å²) in [7, 11) is 1.99. The molecule has 136 valence electrons. The number of aromatic nitrogens is 4. The third-order valence-corrected chi connectivity index (χ3v) is 5.27. The minimum Gasteiger partial charge on any atom is -0.358 e. The van der Waals surface area contributed by atoms with Crippen molar-refractivity contribution in [1.82, 2.24) is 20.2 Å². The SMILES string of the molecule is CN(C[C@H]1CC[C@H](N)C1)c1cnc2c(-c3cccc(Cl)c3F)[nH]nc2n1. The maximum atomic E-state index is 14.3. The highest BCUT2D eigenvalue weighted by Crippen LogP contribution is 2.31. The highest BCUT2D eigenvalue weighted by molar-refractivity contribution is 6.31. The topological polar surface area (TPSA) is 83.7 Å². The number of nitrogens with two attached hydrogens (primary N) is 1. The van der Waals surface area contributed by atoms with Gasteiger partial charge < -0.3 is 10.6 Å². The van der Waals surface area contributed by atoms with Crippen LogP contribution in [0.15, 0.2) is 24.4 Å². The maximum absolute atomic E-state index is 14.3. The third-order valence-electron chi connectivity index (χ3n) is 4.98. The van der Waals surface area contributed by atoms with Crippen LogP contribution in [0.25, 0.3) is 22.4 Å². The molecule has 3 N–H and O–H groups in total. The van der Waals surface area contributed by atoms with Crippen LogP contribution in [0, 0.1) is 11.7 Å². The summed E-state index contributed by atoms with van der Waals surface area (Å²) in [5.74, 6) is 0.811. The van der Waals surface area contributed by atoms with E-state index in [0.717, 1.165) is 31.6 Å². The number of rotatable bonds is 4. The van der Waals surface area contributed by atoms with E-state index in [1.165, 1.54) is 6.07 Å². The van der Waals surface area contributed by atoms with Crippen LogP contribution in [0.4, 0.5) is 10.2 Å². The van der Waals surface area contributed by atoms with Gasteiger partial charge in [-0.1, -0.05) is 17.7 Å². The molecule has 1 aliphatic carbocycles. The summed E-state index contributed by atoms with van der Waals surface area (Å²) in [6, 6.07) is 5.14. The molecule has 0 amide bonds. The van der Waals surface area contributed by atoms with E-state index < -0.39 is 5.82 Å². The van der Waals surface area contributed by atoms with Gasteiger partial charge in [0.25, 0.3) is 0 Å². The number of hydrogen-bond donors (Lipinski definition) is 2. The van der Waals surface area contributed by atoms with Crippen molar-refractivity contribution < 1.29 is 4.39 Å². The standard InChI is InChI=1S/C18H20ClFN6/c1-26(9-10-5-6-11(21)7-10)14-8-22-17-16(24-25-18(17)23-14)12-3-2-4-13(19)15(12)20/h2-4,8,10-11H,5-7,9,21H2,1H3,(H,23,24,25)/t10-,11-/m0/s1. The van der Waals surface area contributed by atoms with Crippen molar-refractivity contribution in [3.63, 3.8) is 0 Å². The molecule has 3 aromatic rings. The zero-order chi connectivity index (χ0) is 18.3. The molecule has 1 saturated carbocycles. The Morgan fingerprint density at radius 2 is 2.23 bits per heavy atom. The van der Waals surface area contributed by atoms with Crippen LogP contribution in [0.5, 0.6) is 0 Å². The summed E-state index contributed by atoms with van der Waals surface area (Å²) in [5.41, 5.74) is 7.77. The monoisotopic (exact) mass is 374 g/mol. The molecule has 8 heteroatoms. The molecule has 0 bridgehead atoms. The Morgan fingerprint density at radius 3 is 3.00 bits per heavy atom. The lowest BCUT2D eigenvalue weighted by Gasteiger charge is -2.21. The van der Waals surface area contributed by atoms with Gasteiger partial charge in [-0.25, -0.2) is 14.4 Å². The van der Waals surface area contributed by atoms with E-state index in [1.807, 2.05) is 7.05 Å². The minimum absolute atomic E-state index is 0.0596. The van der Waals surface area contributed by atoms with Gasteiger partial charge in [0.15, 0.2) is 5.82 Å². The van der Waals surface area contributed by atoms with E-state index in [0.29, 0.717) is 34.4 Å². The first-order valence-corrected chi connectivity index (χ1v) is 9.03. The van der Waals surface area contributed by atoms with Crippen molar-refractivity contribution >= 4 is 28.6 Å². The molecule has 0 unspecified atom stereocenters. The van der Waals surface area contributed by atoms with E-state index in [2.05, 4.69) is 25.1 Å². The first-order chi connectivity index (χ1) is 12.5. The molecule has 26 heavy (non-hydrogen) atoms. The molecule has 0 saturated heterocycles. The predicted octanol–water partition coefficient (Wildman–Crippen LogP) is 3.38. The lowest BCUT2D eigenvalue weighted by Crippen LogP contribution is -2.26. The minimum atomic E-state index is -0.500. The summed E-state index contributed by atoms with van der Waals surface area (Å²) in [5, 5.41) is 7.09. The van der Waals surface area contributed by atoms with Crippen LogP contribution in [0.2, 0.25) is 5.02 Å². The molecular formula is C18H20ClFN6. The van der Waals surface area contributed by atoms with E-state index in [1.54, 1.807) is 18.3 Å². The number of aromatic amines is 1. The fraction of sp³-hybridized carbons (Fsp3) is 0.389. The highest BCUT2D eigenvalue weighted by Gasteiger charge is 2.24. The summed E-state index contributed by atoms with van der Waals surface area (Å²) in [6.45, 7) is 0.883. The molecule has 4 rings (SSSR count). The fourth-order valence-electron chi connectivity index (χ4n) is 3.62. The molecule has 1 aliphatic rings. The second-order valence-electron chi connectivity index (χ2n) is 6.92. The Balaban J connectivity index is 1.62. The van der Waals surface area contributed by atoms with E-state index in [-0.39, 0.29) is 5.02 Å². The van der Waals surface area contributed by atoms with Crippen LogP contribution < -0.4 is 10.6 Å². The second kappa shape index (κ2) is 6.81. The summed E-state index contributed by atoms with van der Waals surface area (Å²) in [4.78, 5) is 11.1. The lowest BCUT2D eigenvalue weighted by molar-refractivity contribution is 0.534. The van der Waals surface area contributed by atoms with Gasteiger partial charge in [-0.2, -0.15) is 5.10 Å². The summed E-state index contributed by atoms with van der Waals surface area (Å²) in [6.07, 6.45) is 4.96. The smallest absolute Gasteiger partial charge is 0.202 e. The number of hydrogen-bond acceptors (Lipinski definition) is 5. The maximum Gasteiger partial charge on any atom is 0.202 e. The Bertz CT molecular complexity index is 943. The normalized spacial score (nSPS) is 20.0. The molecule has 2 atom stereocenters. The highest BCUT2D eigenvalue weighted by atomic mass is 35.5. The number of halogens is 2. The van der Waals surface area contributed by atoms with E-state index >= 15 is 0 Å². The first-order valence-electron chi connectivity index (χ1n) is 8.65. The van der Waals surface area contributed by atoms with Crippen LogP contribution in [-0.4, -0.2) is 39.8 Å². The Labute approximate surface area is 155 Å². The van der Waals surface area contributed by atoms with Gasteiger partial charge in [0, 0.05) is 25.2 Å². The van der Waals surface area contributed by atoms with Crippen LogP contribution in [0.3, 0.4) is 0 Å². The summed E-state index contributed by atoms with van der Waals surface area (Å²) < 4.78 is 14.3. The van der Waals surface area contributed by atoms with Gasteiger partial charge in [-0.05, 0) is 37.3 Å². The van der Waals surface area contributed by atoms with Crippen molar-refractivity contribution in [2.24, 2.45) is 11.7 Å². The molecule has 1 fully saturated rings. The zero-order valence-electron chi connectivity index (χ0n) is 14.4. The Kier molecular flexibility index (Phi) is 4.50. The molecule has 0 radical (unpaired) electrons. The van der Waals surface area contributed by atoms with Crippen molar-refractivity contribution in [1.29, 1.82) is 0 Å². The van der Waals surface area contributed by atoms with Crippen molar-refractivity contribution in [2.75, 3.05) is 18.5 Å². The number of nitrogens with one attached hydrogen (secondary N) is 1. The van der Waals surface area contributed by atoms with Crippen LogP contribution in [-0.2, 0) is 0 Å². The first kappa shape index (κ1) is 17.2. The van der Waals surface area contributed by atoms with Gasteiger partial charge in [0.05, 0.1) is 16.9 Å². The number of nitrogens with zero attached hydrogens (tertiary/aromatic N) is 4. The Hall–Kier alpha value is -2.25. The van der Waals surface area contributed by atoms with Crippen LogP contribution >= 0.6 is 11.6 Å². The lowest BCUT2D eigenvalue weighted by atomic mass is 10.1. The van der Waals surface area contributed by atoms with E-state index in [4.69, 9.17) is 17.3 Å². The molecule has 2 heterocycles. The number of anilines is 1. The third kappa shape index (κ3) is 3.12. The van der Waals surface area contributed by atoms with Crippen LogP contribution in [0.1, 0.15) is 19.3 Å². The second-order valence-corrected chi connectivity index (χ2v) is 7.33. The van der Waals surface area contributed by atoms with Crippen molar-refractivity contribution in [2.45, 2.75) is 25.3 Å². The van der Waals surface area contributed by atoms with Gasteiger partial charge in [0.2, 0.25) is 5.65 Å². The molecule has 2 aromatic heterocycles. The average molecular weight is 375 g/mol. The molecular weight excluding hydrogens is 355 g/mol. The largest absolute Gasteiger partial charge is 0.358 e. The molecule has 0 aliphatic heterocycles. The Morgan fingerprint density at radius 1 is 1.38 bits per heavy atom. The van der Waals surface area contributed by atoms with E-state index in [9.17, 15) is 4.39 Å². The molecule has 6 nitrogen and oxygen atoms in total. The zero-order valence-corrected chi connectivity index (χ0v) is 15.2. The molecule has 1 aromatic carbocycles. The van der Waals surface area contributed by atoms with Gasteiger partial charge in [-0.3, -0.25) is 5.10 Å². The van der Waals surface area contributed by atoms with Gasteiger partial charge >= 0.3 is 0 Å². The van der Waals surface area contributed by atoms with Gasteiger partial charge in [0.1, 0.15) is 11.3 Å². The quantitative estimate of drug-likeness (QED) is 0.731. The number of H-pyrrole nitrogens is 1. The van der Waals surface area contributed by atoms with Crippen molar-refractivity contribution in [3.8, 4) is 11.3 Å². The van der Waals surface area contributed by atoms with Gasteiger partial charge in [-0.15, -0.1) is 0 Å².